The molecule has 3 heterocycles. The van der Waals surface area contributed by atoms with Crippen molar-refractivity contribution in [1.29, 1.82) is 0 Å². The van der Waals surface area contributed by atoms with Crippen LogP contribution in [0, 0.1) is 12.8 Å². The zero-order valence-corrected chi connectivity index (χ0v) is 18.4. The number of aliphatic hydroxyl groups is 1. The smallest absolute Gasteiger partial charge is 0.187 e. The number of carbonyl (C=O) groups is 1. The van der Waals surface area contributed by atoms with E-state index in [-0.39, 0.29) is 11.9 Å². The van der Waals surface area contributed by atoms with Crippen molar-refractivity contribution in [3.05, 3.63) is 65.6 Å². The Morgan fingerprint density at radius 3 is 2.65 bits per heavy atom. The van der Waals surface area contributed by atoms with Crippen LogP contribution in [0.4, 0.5) is 0 Å². The van der Waals surface area contributed by atoms with Crippen molar-refractivity contribution in [3.63, 3.8) is 0 Å². The van der Waals surface area contributed by atoms with Crippen LogP contribution in [-0.4, -0.2) is 69.7 Å². The molecule has 2 aromatic rings. The third-order valence-corrected chi connectivity index (χ3v) is 6.83. The normalized spacial score (nSPS) is 20.4. The number of benzene rings is 1. The largest absolute Gasteiger partial charge is 0.392 e. The minimum Gasteiger partial charge on any atom is -0.392 e. The molecule has 1 unspecified atom stereocenters. The number of ketones is 1. The first-order chi connectivity index (χ1) is 15.1. The molecule has 2 N–H and O–H groups in total. The van der Waals surface area contributed by atoms with Crippen molar-refractivity contribution in [1.82, 2.24) is 20.0 Å². The molecule has 0 bridgehead atoms. The maximum absolute atomic E-state index is 12.4. The van der Waals surface area contributed by atoms with Gasteiger partial charge in [-0.2, -0.15) is 5.10 Å². The molecule has 166 valence electrons. The lowest BCUT2D eigenvalue weighted by atomic mass is 9.89. The van der Waals surface area contributed by atoms with E-state index in [1.54, 1.807) is 6.08 Å². The molecule has 1 aromatic heterocycles. The van der Waals surface area contributed by atoms with E-state index in [9.17, 15) is 9.90 Å². The van der Waals surface area contributed by atoms with E-state index >= 15 is 0 Å². The molecule has 6 heteroatoms. The van der Waals surface area contributed by atoms with E-state index in [0.717, 1.165) is 69.5 Å². The predicted molar refractivity (Wildman–Crippen MR) is 122 cm³/mol. The Hall–Kier alpha value is -2.44. The van der Waals surface area contributed by atoms with E-state index < -0.39 is 0 Å². The summed E-state index contributed by atoms with van der Waals surface area (Å²) in [5, 5.41) is 18.0. The second-order valence-corrected chi connectivity index (χ2v) is 9.06. The van der Waals surface area contributed by atoms with Crippen molar-refractivity contribution in [2.75, 3.05) is 32.7 Å². The number of aryl methyl sites for hydroxylation is 1. The van der Waals surface area contributed by atoms with Gasteiger partial charge in [0.2, 0.25) is 0 Å². The first kappa shape index (κ1) is 21.8. The van der Waals surface area contributed by atoms with Gasteiger partial charge in [-0.3, -0.25) is 9.89 Å². The summed E-state index contributed by atoms with van der Waals surface area (Å²) >= 11 is 0. The van der Waals surface area contributed by atoms with Gasteiger partial charge in [-0.1, -0.05) is 23.8 Å². The van der Waals surface area contributed by atoms with Crippen LogP contribution >= 0.6 is 0 Å². The van der Waals surface area contributed by atoms with Crippen LogP contribution in [0.2, 0.25) is 0 Å². The van der Waals surface area contributed by atoms with Gasteiger partial charge in [0.1, 0.15) is 0 Å². The zero-order valence-electron chi connectivity index (χ0n) is 18.4. The Kier molecular flexibility index (Phi) is 7.20. The number of carbonyl (C=O) groups excluding carboxylic acids is 1. The molecule has 2 saturated heterocycles. The number of rotatable bonds is 7. The number of aromatic nitrogens is 2. The molecule has 4 rings (SSSR count). The third kappa shape index (κ3) is 5.83. The predicted octanol–water partition coefficient (Wildman–Crippen LogP) is 3.37. The average molecular weight is 423 g/mol. The van der Waals surface area contributed by atoms with Crippen molar-refractivity contribution < 1.29 is 9.90 Å². The number of nitrogens with one attached hydrogen (secondary N) is 1. The third-order valence-electron chi connectivity index (χ3n) is 6.83. The molecular weight excluding hydrogens is 388 g/mol. The summed E-state index contributed by atoms with van der Waals surface area (Å²) in [4.78, 5) is 17.0. The summed E-state index contributed by atoms with van der Waals surface area (Å²) in [5.74, 6) is 0.919. The van der Waals surface area contributed by atoms with Gasteiger partial charge in [0.25, 0.3) is 0 Å². The van der Waals surface area contributed by atoms with E-state index in [0.29, 0.717) is 11.8 Å². The summed E-state index contributed by atoms with van der Waals surface area (Å²) in [6, 6.07) is 9.78. The van der Waals surface area contributed by atoms with Crippen LogP contribution in [0.15, 0.2) is 48.8 Å². The lowest BCUT2D eigenvalue weighted by molar-refractivity contribution is 0.0318. The highest BCUT2D eigenvalue weighted by molar-refractivity contribution is 6.04. The number of β-amino-alcohol motifs (C(OH)–C–C–N with tert-alkyl or cyclic N) is 1. The van der Waals surface area contributed by atoms with Crippen LogP contribution in [0.1, 0.15) is 53.2 Å². The van der Waals surface area contributed by atoms with Gasteiger partial charge in [0, 0.05) is 49.6 Å². The van der Waals surface area contributed by atoms with Gasteiger partial charge in [-0.05, 0) is 63.7 Å². The maximum atomic E-state index is 12.4. The standard InChI is InChI=1S/C25H34N4O2/c1-19-3-2-4-22(17-19)24(30)10-16-28-12-8-21(9-13-28)25(31)18-29-14-6-20(7-15-29)23-5-11-26-27-23/h2-5,10-11,16-17,20-21,25,31H,6-9,12-15,18H2,1H3,(H,26,27). The van der Waals surface area contributed by atoms with Crippen LogP contribution in [0.3, 0.4) is 0 Å². The highest BCUT2D eigenvalue weighted by atomic mass is 16.3. The fraction of sp³-hybridized carbons (Fsp3) is 0.520. The van der Waals surface area contributed by atoms with Crippen molar-refractivity contribution in [2.24, 2.45) is 5.92 Å². The highest BCUT2D eigenvalue weighted by Gasteiger charge is 2.28. The molecule has 0 saturated carbocycles. The van der Waals surface area contributed by atoms with Gasteiger partial charge in [-0.25, -0.2) is 0 Å². The van der Waals surface area contributed by atoms with Gasteiger partial charge < -0.3 is 14.9 Å². The lowest BCUT2D eigenvalue weighted by Gasteiger charge is -2.37. The van der Waals surface area contributed by atoms with Crippen molar-refractivity contribution in [3.8, 4) is 0 Å². The number of H-pyrrole nitrogens is 1. The zero-order chi connectivity index (χ0) is 21.6. The Balaban J connectivity index is 1.18. The molecule has 31 heavy (non-hydrogen) atoms. The minimum absolute atomic E-state index is 0.0455. The number of aromatic amines is 1. The lowest BCUT2D eigenvalue weighted by Crippen LogP contribution is -2.43. The van der Waals surface area contributed by atoms with E-state index in [2.05, 4.69) is 26.1 Å². The second kappa shape index (κ2) is 10.2. The minimum atomic E-state index is -0.276. The molecule has 2 fully saturated rings. The van der Waals surface area contributed by atoms with Gasteiger partial charge >= 0.3 is 0 Å². The topological polar surface area (TPSA) is 72.5 Å². The number of nitrogens with zero attached hydrogens (tertiary/aromatic N) is 3. The van der Waals surface area contributed by atoms with Gasteiger partial charge in [0.15, 0.2) is 5.78 Å². The van der Waals surface area contributed by atoms with Crippen molar-refractivity contribution >= 4 is 5.78 Å². The number of allylic oxidation sites excluding steroid dienone is 1. The highest BCUT2D eigenvalue weighted by Crippen LogP contribution is 2.28. The number of aliphatic hydroxyl groups excluding tert-OH is 1. The summed E-state index contributed by atoms with van der Waals surface area (Å²) < 4.78 is 0. The summed E-state index contributed by atoms with van der Waals surface area (Å²) in [7, 11) is 0. The molecule has 0 spiro atoms. The molecule has 1 aromatic carbocycles. The molecule has 2 aliphatic rings. The van der Waals surface area contributed by atoms with Crippen LogP contribution in [-0.2, 0) is 0 Å². The van der Waals surface area contributed by atoms with Gasteiger partial charge in [0.05, 0.1) is 11.8 Å². The van der Waals surface area contributed by atoms with Gasteiger partial charge in [-0.15, -0.1) is 0 Å². The Morgan fingerprint density at radius 2 is 1.97 bits per heavy atom. The van der Waals surface area contributed by atoms with E-state index in [1.165, 1.54) is 5.69 Å². The Morgan fingerprint density at radius 1 is 1.19 bits per heavy atom. The molecule has 0 radical (unpaired) electrons. The van der Waals surface area contributed by atoms with E-state index in [4.69, 9.17) is 0 Å². The Bertz CT molecular complexity index is 863. The maximum Gasteiger partial charge on any atom is 0.187 e. The second-order valence-electron chi connectivity index (χ2n) is 9.06. The average Bonchev–Trinajstić information content (AvgIpc) is 3.33. The molecule has 1 atom stereocenters. The molecule has 0 amide bonds. The van der Waals surface area contributed by atoms with E-state index in [1.807, 2.05) is 43.6 Å². The fourth-order valence-electron chi connectivity index (χ4n) is 4.84. The SMILES string of the molecule is Cc1cccc(C(=O)C=CN2CCC(C(O)CN3CCC(c4cc[nH]n4)CC3)CC2)c1. The molecule has 2 aliphatic heterocycles. The quantitative estimate of drug-likeness (QED) is 0.529. The van der Waals surface area contributed by atoms with Crippen LogP contribution in [0.5, 0.6) is 0 Å². The number of piperidine rings is 2. The van der Waals surface area contributed by atoms with Crippen LogP contribution < -0.4 is 0 Å². The fourth-order valence-corrected chi connectivity index (χ4v) is 4.84. The summed E-state index contributed by atoms with van der Waals surface area (Å²) in [6.07, 6.45) is 9.36. The Labute approximate surface area is 184 Å². The number of hydrogen-bond donors (Lipinski definition) is 2. The summed E-state index contributed by atoms with van der Waals surface area (Å²) in [5.41, 5.74) is 3.00. The molecule has 0 aliphatic carbocycles. The first-order valence-corrected chi connectivity index (χ1v) is 11.5. The summed E-state index contributed by atoms with van der Waals surface area (Å²) in [6.45, 7) is 6.59. The monoisotopic (exact) mass is 422 g/mol. The number of hydrogen-bond acceptors (Lipinski definition) is 5. The van der Waals surface area contributed by atoms with Crippen molar-refractivity contribution in [2.45, 2.75) is 44.6 Å². The van der Waals surface area contributed by atoms with Crippen LogP contribution in [0.25, 0.3) is 0 Å². The first-order valence-electron chi connectivity index (χ1n) is 11.5. The molecule has 6 nitrogen and oxygen atoms in total. The number of likely N-dealkylation sites (tertiary alicyclic amines) is 2. The molecular formula is C25H34N4O2.